The molecule has 0 aromatic carbocycles. The number of aryl methyl sites for hydroxylation is 2. The summed E-state index contributed by atoms with van der Waals surface area (Å²) in [4.78, 5) is 25.0. The van der Waals surface area contributed by atoms with Crippen LogP contribution < -0.4 is 0 Å². The van der Waals surface area contributed by atoms with E-state index < -0.39 is 0 Å². The lowest BCUT2D eigenvalue weighted by atomic mass is 10.1. The molecule has 0 aliphatic carbocycles. The summed E-state index contributed by atoms with van der Waals surface area (Å²) in [5.41, 5.74) is 2.98. The molecule has 0 saturated carbocycles. The number of hydrogen-bond donors (Lipinski definition) is 0. The first-order valence-electron chi connectivity index (χ1n) is 8.83. The molecule has 1 aliphatic rings. The van der Waals surface area contributed by atoms with Gasteiger partial charge in [-0.15, -0.1) is 11.3 Å². The van der Waals surface area contributed by atoms with E-state index in [0.717, 1.165) is 59.9 Å². The third kappa shape index (κ3) is 2.84. The van der Waals surface area contributed by atoms with Gasteiger partial charge in [0.15, 0.2) is 5.65 Å². The number of carbonyl (C=O) groups is 1. The fraction of sp³-hybridized carbons (Fsp3) is 0.421. The molecule has 1 amide bonds. The molecule has 4 heterocycles. The van der Waals surface area contributed by atoms with E-state index in [1.807, 2.05) is 41.6 Å². The van der Waals surface area contributed by atoms with Crippen LogP contribution in [0.15, 0.2) is 29.8 Å². The largest absolute Gasteiger partial charge is 0.337 e. The monoisotopic (exact) mass is 354 g/mol. The first-order valence-corrected chi connectivity index (χ1v) is 9.71. The zero-order chi connectivity index (χ0) is 17.4. The number of thiophene rings is 1. The van der Waals surface area contributed by atoms with Crippen LogP contribution in [0.2, 0.25) is 0 Å². The average molecular weight is 354 g/mol. The predicted molar refractivity (Wildman–Crippen MR) is 100 cm³/mol. The van der Waals surface area contributed by atoms with Crippen molar-refractivity contribution in [3.63, 3.8) is 0 Å². The smallest absolute Gasteiger partial charge is 0.264 e. The number of pyridine rings is 1. The first-order chi connectivity index (χ1) is 12.2. The van der Waals surface area contributed by atoms with Gasteiger partial charge in [0.2, 0.25) is 0 Å². The van der Waals surface area contributed by atoms with E-state index in [2.05, 4.69) is 16.5 Å². The molecule has 0 bridgehead atoms. The number of carbonyl (C=O) groups excluding carboxylic acids is 1. The molecule has 5 nitrogen and oxygen atoms in total. The maximum Gasteiger partial charge on any atom is 0.264 e. The van der Waals surface area contributed by atoms with Crippen LogP contribution in [-0.4, -0.2) is 38.4 Å². The summed E-state index contributed by atoms with van der Waals surface area (Å²) >= 11 is 1.53. The Morgan fingerprint density at radius 1 is 1.40 bits per heavy atom. The molecule has 1 fully saturated rings. The minimum Gasteiger partial charge on any atom is -0.337 e. The number of imidazole rings is 1. The fourth-order valence-electron chi connectivity index (χ4n) is 3.62. The van der Waals surface area contributed by atoms with Crippen LogP contribution in [0.4, 0.5) is 0 Å². The molecule has 130 valence electrons. The summed E-state index contributed by atoms with van der Waals surface area (Å²) in [7, 11) is 0. The van der Waals surface area contributed by atoms with E-state index in [9.17, 15) is 4.79 Å². The Kier molecular flexibility index (Phi) is 4.29. The molecule has 1 atom stereocenters. The van der Waals surface area contributed by atoms with Gasteiger partial charge >= 0.3 is 0 Å². The second kappa shape index (κ2) is 6.59. The molecule has 1 unspecified atom stereocenters. The van der Waals surface area contributed by atoms with Gasteiger partial charge in [-0.3, -0.25) is 4.79 Å². The Morgan fingerprint density at radius 2 is 2.28 bits per heavy atom. The van der Waals surface area contributed by atoms with Crippen molar-refractivity contribution in [3.05, 3.63) is 46.0 Å². The van der Waals surface area contributed by atoms with Crippen LogP contribution in [0.3, 0.4) is 0 Å². The Balaban J connectivity index is 1.61. The minimum absolute atomic E-state index is 0.159. The second-order valence-electron chi connectivity index (χ2n) is 6.64. The number of nitrogens with zero attached hydrogens (tertiary/aromatic N) is 4. The van der Waals surface area contributed by atoms with Crippen molar-refractivity contribution in [2.45, 2.75) is 39.2 Å². The summed E-state index contributed by atoms with van der Waals surface area (Å²) in [6, 6.07) is 5.96. The highest BCUT2D eigenvalue weighted by atomic mass is 32.1. The SMILES string of the molecule is CCCn1c(C2CCN(C(=O)c3sccc3C)C2)nc2cccnc21. The van der Waals surface area contributed by atoms with Crippen LogP contribution in [0.1, 0.15) is 46.7 Å². The molecule has 0 radical (unpaired) electrons. The van der Waals surface area contributed by atoms with Gasteiger partial charge in [0.1, 0.15) is 11.3 Å². The highest BCUT2D eigenvalue weighted by Crippen LogP contribution is 2.31. The van der Waals surface area contributed by atoms with Crippen molar-refractivity contribution in [3.8, 4) is 0 Å². The zero-order valence-corrected chi connectivity index (χ0v) is 15.4. The van der Waals surface area contributed by atoms with Gasteiger partial charge in [-0.2, -0.15) is 0 Å². The number of hydrogen-bond acceptors (Lipinski definition) is 4. The fourth-order valence-corrected chi connectivity index (χ4v) is 4.51. The topological polar surface area (TPSA) is 51.0 Å². The molecule has 1 aliphatic heterocycles. The molecule has 0 spiro atoms. The van der Waals surface area contributed by atoms with Gasteiger partial charge in [0, 0.05) is 31.7 Å². The van der Waals surface area contributed by atoms with E-state index in [4.69, 9.17) is 4.98 Å². The lowest BCUT2D eigenvalue weighted by molar-refractivity contribution is 0.0794. The third-order valence-corrected chi connectivity index (χ3v) is 5.88. The van der Waals surface area contributed by atoms with Crippen LogP contribution in [0, 0.1) is 6.92 Å². The summed E-state index contributed by atoms with van der Waals surface area (Å²) in [6.45, 7) is 6.62. The number of likely N-dealkylation sites (tertiary alicyclic amines) is 1. The van der Waals surface area contributed by atoms with Crippen LogP contribution in [0.25, 0.3) is 11.2 Å². The summed E-state index contributed by atoms with van der Waals surface area (Å²) in [5.74, 6) is 1.52. The van der Waals surface area contributed by atoms with Crippen molar-refractivity contribution >= 4 is 28.4 Å². The standard InChI is InChI=1S/C19H22N4OS/c1-3-9-23-17(21-15-5-4-8-20-18(15)23)14-6-10-22(12-14)19(24)16-13(2)7-11-25-16/h4-5,7-8,11,14H,3,6,9-10,12H2,1-2H3. The summed E-state index contributed by atoms with van der Waals surface area (Å²) in [6.07, 6.45) is 3.83. The van der Waals surface area contributed by atoms with Crippen LogP contribution >= 0.6 is 11.3 Å². The van der Waals surface area contributed by atoms with Gasteiger partial charge in [-0.1, -0.05) is 6.92 Å². The molecule has 3 aromatic heterocycles. The van der Waals surface area contributed by atoms with Crippen LogP contribution in [-0.2, 0) is 6.54 Å². The highest BCUT2D eigenvalue weighted by Gasteiger charge is 2.32. The van der Waals surface area contributed by atoms with Crippen LogP contribution in [0.5, 0.6) is 0 Å². The summed E-state index contributed by atoms with van der Waals surface area (Å²) < 4.78 is 2.24. The van der Waals surface area contributed by atoms with E-state index in [1.54, 1.807) is 0 Å². The van der Waals surface area contributed by atoms with E-state index in [0.29, 0.717) is 0 Å². The molecule has 6 heteroatoms. The van der Waals surface area contributed by atoms with Crippen molar-refractivity contribution in [2.75, 3.05) is 13.1 Å². The number of fused-ring (bicyclic) bond motifs is 1. The number of rotatable bonds is 4. The minimum atomic E-state index is 0.159. The molecule has 0 N–H and O–H groups in total. The lowest BCUT2D eigenvalue weighted by Gasteiger charge is -2.17. The number of amides is 1. The lowest BCUT2D eigenvalue weighted by Crippen LogP contribution is -2.28. The van der Waals surface area contributed by atoms with E-state index in [-0.39, 0.29) is 11.8 Å². The molecular formula is C19H22N4OS. The highest BCUT2D eigenvalue weighted by molar-refractivity contribution is 7.12. The van der Waals surface area contributed by atoms with Gasteiger partial charge in [-0.05, 0) is 48.9 Å². The van der Waals surface area contributed by atoms with Crippen molar-refractivity contribution in [2.24, 2.45) is 0 Å². The van der Waals surface area contributed by atoms with Gasteiger partial charge in [-0.25, -0.2) is 9.97 Å². The Morgan fingerprint density at radius 3 is 3.04 bits per heavy atom. The molecular weight excluding hydrogens is 332 g/mol. The van der Waals surface area contributed by atoms with Gasteiger partial charge in [0.05, 0.1) is 4.88 Å². The molecule has 25 heavy (non-hydrogen) atoms. The zero-order valence-electron chi connectivity index (χ0n) is 14.6. The normalized spacial score (nSPS) is 17.5. The van der Waals surface area contributed by atoms with Crippen molar-refractivity contribution in [1.29, 1.82) is 0 Å². The second-order valence-corrected chi connectivity index (χ2v) is 7.55. The number of aromatic nitrogens is 3. The van der Waals surface area contributed by atoms with Gasteiger partial charge in [0.25, 0.3) is 5.91 Å². The summed E-state index contributed by atoms with van der Waals surface area (Å²) in [5, 5.41) is 1.99. The van der Waals surface area contributed by atoms with E-state index >= 15 is 0 Å². The third-order valence-electron chi connectivity index (χ3n) is 4.88. The molecule has 1 saturated heterocycles. The quantitative estimate of drug-likeness (QED) is 0.715. The van der Waals surface area contributed by atoms with Crippen molar-refractivity contribution in [1.82, 2.24) is 19.4 Å². The Labute approximate surface area is 151 Å². The van der Waals surface area contributed by atoms with Crippen molar-refractivity contribution < 1.29 is 4.79 Å². The maximum atomic E-state index is 12.8. The molecule has 4 rings (SSSR count). The predicted octanol–water partition coefficient (Wildman–Crippen LogP) is 3.84. The average Bonchev–Trinajstić information content (AvgIpc) is 3.33. The van der Waals surface area contributed by atoms with Gasteiger partial charge < -0.3 is 9.47 Å². The van der Waals surface area contributed by atoms with E-state index in [1.165, 1.54) is 11.3 Å². The Bertz CT molecular complexity index is 913. The molecule has 3 aromatic rings. The first kappa shape index (κ1) is 16.3. The Hall–Kier alpha value is -2.21. The maximum absolute atomic E-state index is 12.8.